The first-order valence-electron chi connectivity index (χ1n) is 9.65. The summed E-state index contributed by atoms with van der Waals surface area (Å²) in [5.74, 6) is 1.42. The van der Waals surface area contributed by atoms with Crippen LogP contribution in [0.1, 0.15) is 24.2 Å². The van der Waals surface area contributed by atoms with Crippen molar-refractivity contribution in [2.75, 3.05) is 18.4 Å². The Labute approximate surface area is 177 Å². The molecule has 1 fully saturated rings. The van der Waals surface area contributed by atoms with Crippen molar-refractivity contribution >= 4 is 28.4 Å². The maximum absolute atomic E-state index is 12.5. The number of carbonyl (C=O) groups excluding carboxylic acids is 2. The molecule has 4 heterocycles. The highest BCUT2D eigenvalue weighted by Crippen LogP contribution is 2.20. The topological polar surface area (TPSA) is 118 Å². The first-order chi connectivity index (χ1) is 14.6. The van der Waals surface area contributed by atoms with E-state index >= 15 is 0 Å². The fourth-order valence-electron chi connectivity index (χ4n) is 3.39. The van der Waals surface area contributed by atoms with Gasteiger partial charge in [-0.3, -0.25) is 9.36 Å². The molecule has 30 heavy (non-hydrogen) atoms. The SMILES string of the molecule is Cc1nccn1-c1cc(CNC(=O)N2CCC(C(=O)Nc3nncs3)CC2)ccn1. The number of aromatic nitrogens is 5. The van der Waals surface area contributed by atoms with Crippen LogP contribution in [0.25, 0.3) is 5.82 Å². The summed E-state index contributed by atoms with van der Waals surface area (Å²) in [7, 11) is 0. The number of rotatable bonds is 5. The second kappa shape index (κ2) is 8.99. The van der Waals surface area contributed by atoms with Crippen LogP contribution in [0.15, 0.2) is 36.2 Å². The number of anilines is 1. The average molecular weight is 427 g/mol. The van der Waals surface area contributed by atoms with Crippen LogP contribution in [0.5, 0.6) is 0 Å². The summed E-state index contributed by atoms with van der Waals surface area (Å²) in [5.41, 5.74) is 2.53. The molecule has 0 aromatic carbocycles. The van der Waals surface area contributed by atoms with Crippen LogP contribution in [0, 0.1) is 12.8 Å². The molecular formula is C19H22N8O2S. The summed E-state index contributed by atoms with van der Waals surface area (Å²) in [6.45, 7) is 3.39. The van der Waals surface area contributed by atoms with E-state index in [9.17, 15) is 9.59 Å². The largest absolute Gasteiger partial charge is 0.334 e. The first-order valence-corrected chi connectivity index (χ1v) is 10.5. The Morgan fingerprint density at radius 3 is 2.77 bits per heavy atom. The Bertz CT molecular complexity index is 1010. The van der Waals surface area contributed by atoms with Gasteiger partial charge in [0.05, 0.1) is 0 Å². The maximum Gasteiger partial charge on any atom is 0.317 e. The normalized spacial score (nSPS) is 14.5. The van der Waals surface area contributed by atoms with Crippen LogP contribution in [0.2, 0.25) is 0 Å². The van der Waals surface area contributed by atoms with Gasteiger partial charge < -0.3 is 15.5 Å². The molecule has 0 bridgehead atoms. The number of aryl methyl sites for hydroxylation is 1. The first kappa shape index (κ1) is 20.0. The quantitative estimate of drug-likeness (QED) is 0.644. The number of hydrogen-bond acceptors (Lipinski definition) is 7. The van der Waals surface area contributed by atoms with Gasteiger partial charge >= 0.3 is 6.03 Å². The second-order valence-corrected chi connectivity index (χ2v) is 7.85. The van der Waals surface area contributed by atoms with E-state index in [1.165, 1.54) is 11.3 Å². The number of amides is 3. The molecule has 0 saturated carbocycles. The zero-order chi connectivity index (χ0) is 20.9. The summed E-state index contributed by atoms with van der Waals surface area (Å²) >= 11 is 1.29. The van der Waals surface area contributed by atoms with Gasteiger partial charge in [0.25, 0.3) is 0 Å². The molecular weight excluding hydrogens is 404 g/mol. The molecule has 0 radical (unpaired) electrons. The van der Waals surface area contributed by atoms with Crippen molar-refractivity contribution in [3.63, 3.8) is 0 Å². The van der Waals surface area contributed by atoms with Crippen molar-refractivity contribution in [1.82, 2.24) is 34.9 Å². The number of nitrogens with one attached hydrogen (secondary N) is 2. The lowest BCUT2D eigenvalue weighted by Gasteiger charge is -2.31. The maximum atomic E-state index is 12.5. The lowest BCUT2D eigenvalue weighted by atomic mass is 9.96. The average Bonchev–Trinajstić information content (AvgIpc) is 3.44. The van der Waals surface area contributed by atoms with Crippen molar-refractivity contribution in [1.29, 1.82) is 0 Å². The van der Waals surface area contributed by atoms with Crippen LogP contribution in [-0.2, 0) is 11.3 Å². The molecule has 156 valence electrons. The third-order valence-electron chi connectivity index (χ3n) is 5.07. The van der Waals surface area contributed by atoms with E-state index in [4.69, 9.17) is 0 Å². The minimum atomic E-state index is -0.129. The van der Waals surface area contributed by atoms with Crippen molar-refractivity contribution in [2.45, 2.75) is 26.3 Å². The van der Waals surface area contributed by atoms with Crippen LogP contribution < -0.4 is 10.6 Å². The van der Waals surface area contributed by atoms with Gasteiger partial charge in [0.2, 0.25) is 11.0 Å². The number of piperidine rings is 1. The predicted molar refractivity (Wildman–Crippen MR) is 111 cm³/mol. The highest BCUT2D eigenvalue weighted by molar-refractivity contribution is 7.13. The number of imidazole rings is 1. The van der Waals surface area contributed by atoms with Crippen molar-refractivity contribution in [2.24, 2.45) is 5.92 Å². The lowest BCUT2D eigenvalue weighted by molar-refractivity contribution is -0.121. The molecule has 0 spiro atoms. The Hall–Kier alpha value is -3.34. The van der Waals surface area contributed by atoms with E-state index in [1.54, 1.807) is 22.8 Å². The molecule has 1 aliphatic heterocycles. The van der Waals surface area contributed by atoms with Gasteiger partial charge in [0.1, 0.15) is 17.2 Å². The Morgan fingerprint density at radius 2 is 2.07 bits per heavy atom. The molecule has 1 saturated heterocycles. The van der Waals surface area contributed by atoms with Gasteiger partial charge in [0, 0.05) is 44.1 Å². The summed E-state index contributed by atoms with van der Waals surface area (Å²) in [6.07, 6.45) is 6.54. The predicted octanol–water partition coefficient (Wildman–Crippen LogP) is 1.99. The van der Waals surface area contributed by atoms with Crippen LogP contribution in [-0.4, -0.2) is 54.7 Å². The van der Waals surface area contributed by atoms with E-state index in [1.807, 2.05) is 29.8 Å². The van der Waals surface area contributed by atoms with E-state index in [0.29, 0.717) is 37.6 Å². The smallest absolute Gasteiger partial charge is 0.317 e. The molecule has 4 rings (SSSR count). The van der Waals surface area contributed by atoms with Crippen molar-refractivity contribution < 1.29 is 9.59 Å². The number of urea groups is 1. The third-order valence-corrected chi connectivity index (χ3v) is 5.68. The van der Waals surface area contributed by atoms with Crippen LogP contribution in [0.4, 0.5) is 9.93 Å². The number of nitrogens with zero attached hydrogens (tertiary/aromatic N) is 6. The Balaban J connectivity index is 1.26. The van der Waals surface area contributed by atoms with Crippen molar-refractivity contribution in [3.05, 3.63) is 47.6 Å². The fourth-order valence-corrected chi connectivity index (χ4v) is 3.84. The molecule has 0 atom stereocenters. The summed E-state index contributed by atoms with van der Waals surface area (Å²) in [5, 5.41) is 13.8. The molecule has 3 amide bonds. The summed E-state index contributed by atoms with van der Waals surface area (Å²) < 4.78 is 1.89. The van der Waals surface area contributed by atoms with Crippen LogP contribution >= 0.6 is 11.3 Å². The standard InChI is InChI=1S/C19H22N8O2S/c1-13-20-6-9-27(13)16-10-14(2-5-21-16)11-22-19(29)26-7-3-15(4-8-26)17(28)24-18-25-23-12-30-18/h2,5-6,9-10,12,15H,3-4,7-8,11H2,1H3,(H,22,29)(H,24,25,28). The Morgan fingerprint density at radius 1 is 1.23 bits per heavy atom. The van der Waals surface area contributed by atoms with Crippen molar-refractivity contribution in [3.8, 4) is 5.82 Å². The monoisotopic (exact) mass is 426 g/mol. The van der Waals surface area contributed by atoms with Gasteiger partial charge in [-0.15, -0.1) is 10.2 Å². The van der Waals surface area contributed by atoms with E-state index in [2.05, 4.69) is 30.8 Å². The highest BCUT2D eigenvalue weighted by atomic mass is 32.1. The van der Waals surface area contributed by atoms with Gasteiger partial charge in [-0.25, -0.2) is 14.8 Å². The minimum absolute atomic E-state index is 0.0640. The van der Waals surface area contributed by atoms with Gasteiger partial charge in [-0.1, -0.05) is 11.3 Å². The number of hydrogen-bond donors (Lipinski definition) is 2. The zero-order valence-electron chi connectivity index (χ0n) is 16.5. The lowest BCUT2D eigenvalue weighted by Crippen LogP contribution is -2.45. The minimum Gasteiger partial charge on any atom is -0.334 e. The number of likely N-dealkylation sites (tertiary alicyclic amines) is 1. The second-order valence-electron chi connectivity index (χ2n) is 7.02. The molecule has 1 aliphatic rings. The molecule has 11 heteroatoms. The zero-order valence-corrected chi connectivity index (χ0v) is 17.3. The van der Waals surface area contributed by atoms with Gasteiger partial charge in [-0.05, 0) is 37.5 Å². The summed E-state index contributed by atoms with van der Waals surface area (Å²) in [4.78, 5) is 35.2. The summed E-state index contributed by atoms with van der Waals surface area (Å²) in [6, 6.07) is 3.68. The molecule has 10 nitrogen and oxygen atoms in total. The van der Waals surface area contributed by atoms with Crippen LogP contribution in [0.3, 0.4) is 0 Å². The number of pyridine rings is 1. The molecule has 3 aromatic rings. The van der Waals surface area contributed by atoms with E-state index < -0.39 is 0 Å². The van der Waals surface area contributed by atoms with E-state index in [0.717, 1.165) is 17.2 Å². The Kier molecular flexibility index (Phi) is 5.98. The third kappa shape index (κ3) is 4.62. The van der Waals surface area contributed by atoms with Gasteiger partial charge in [-0.2, -0.15) is 0 Å². The number of carbonyl (C=O) groups is 2. The molecule has 0 unspecified atom stereocenters. The highest BCUT2D eigenvalue weighted by Gasteiger charge is 2.27. The van der Waals surface area contributed by atoms with Gasteiger partial charge in [0.15, 0.2) is 0 Å². The fraction of sp³-hybridized carbons (Fsp3) is 0.368. The molecule has 3 aromatic heterocycles. The molecule has 0 aliphatic carbocycles. The molecule has 2 N–H and O–H groups in total. The van der Waals surface area contributed by atoms with E-state index in [-0.39, 0.29) is 17.9 Å².